The van der Waals surface area contributed by atoms with Gasteiger partial charge in [0, 0.05) is 50.4 Å². The molecule has 3 heterocycles. The summed E-state index contributed by atoms with van der Waals surface area (Å²) in [6, 6.07) is 0. The fraction of sp³-hybridized carbons (Fsp3) is 0.545. The lowest BCUT2D eigenvalue weighted by Crippen LogP contribution is -2.48. The average molecular weight is 300 g/mol. The molecule has 0 amide bonds. The molecule has 102 valence electrons. The van der Waals surface area contributed by atoms with Gasteiger partial charge in [-0.05, 0) is 0 Å². The summed E-state index contributed by atoms with van der Waals surface area (Å²) < 4.78 is 11.2. The van der Waals surface area contributed by atoms with Crippen molar-refractivity contribution in [3.63, 3.8) is 0 Å². The molecule has 0 spiro atoms. The van der Waals surface area contributed by atoms with Crippen LogP contribution < -0.4 is 4.90 Å². The first-order chi connectivity index (χ1) is 9.24. The number of rotatable bonds is 5. The lowest BCUT2D eigenvalue weighted by molar-refractivity contribution is 0.179. The minimum absolute atomic E-state index is 0.472. The molecular formula is C11H14ClN5OS. The van der Waals surface area contributed by atoms with E-state index in [-0.39, 0.29) is 0 Å². The molecule has 0 unspecified atom stereocenters. The van der Waals surface area contributed by atoms with Crippen molar-refractivity contribution in [2.75, 3.05) is 25.1 Å². The van der Waals surface area contributed by atoms with E-state index >= 15 is 0 Å². The van der Waals surface area contributed by atoms with Gasteiger partial charge in [-0.25, -0.2) is 4.98 Å². The van der Waals surface area contributed by atoms with Gasteiger partial charge in [-0.15, -0.1) is 0 Å². The normalized spacial score (nSPS) is 15.8. The Labute approximate surface area is 120 Å². The van der Waals surface area contributed by atoms with Gasteiger partial charge in [-0.2, -0.15) is 9.47 Å². The van der Waals surface area contributed by atoms with Crippen molar-refractivity contribution in [3.05, 3.63) is 23.2 Å². The molecule has 0 saturated carbocycles. The number of aromatic nitrogens is 4. The maximum atomic E-state index is 5.84. The zero-order valence-corrected chi connectivity index (χ0v) is 12.1. The van der Waals surface area contributed by atoms with Crippen molar-refractivity contribution >= 4 is 28.3 Å². The number of hydrogen-bond donors (Lipinski definition) is 0. The van der Waals surface area contributed by atoms with Crippen molar-refractivity contribution in [1.29, 1.82) is 0 Å². The van der Waals surface area contributed by atoms with Gasteiger partial charge < -0.3 is 9.64 Å². The second-order valence-electron chi connectivity index (χ2n) is 4.58. The van der Waals surface area contributed by atoms with Crippen LogP contribution in [0, 0.1) is 5.92 Å². The van der Waals surface area contributed by atoms with E-state index < -0.39 is 0 Å². The van der Waals surface area contributed by atoms with E-state index in [1.54, 1.807) is 13.3 Å². The van der Waals surface area contributed by atoms with Crippen molar-refractivity contribution in [2.45, 2.75) is 13.2 Å². The Kier molecular flexibility index (Phi) is 3.67. The molecular weight excluding hydrogens is 286 g/mol. The summed E-state index contributed by atoms with van der Waals surface area (Å²) in [4.78, 5) is 6.66. The highest BCUT2D eigenvalue weighted by Crippen LogP contribution is 2.27. The SMILES string of the molecule is COCc1nsc(N2CC(Cn3cc(Cl)cn3)C2)n1. The van der Waals surface area contributed by atoms with Gasteiger partial charge in [0.2, 0.25) is 5.13 Å². The van der Waals surface area contributed by atoms with Crippen LogP contribution in [-0.2, 0) is 17.9 Å². The van der Waals surface area contributed by atoms with E-state index in [4.69, 9.17) is 16.3 Å². The highest BCUT2D eigenvalue weighted by atomic mass is 35.5. The Morgan fingerprint density at radius 3 is 3.05 bits per heavy atom. The van der Waals surface area contributed by atoms with Gasteiger partial charge in [-0.3, -0.25) is 4.68 Å². The number of halogens is 1. The molecule has 0 radical (unpaired) electrons. The molecule has 2 aromatic rings. The highest BCUT2D eigenvalue weighted by Gasteiger charge is 2.29. The number of anilines is 1. The Morgan fingerprint density at radius 2 is 2.37 bits per heavy atom. The summed E-state index contributed by atoms with van der Waals surface area (Å²) in [5.74, 6) is 1.34. The third-order valence-electron chi connectivity index (χ3n) is 3.01. The predicted molar refractivity (Wildman–Crippen MR) is 73.6 cm³/mol. The first-order valence-electron chi connectivity index (χ1n) is 5.99. The minimum atomic E-state index is 0.472. The van der Waals surface area contributed by atoms with E-state index in [1.807, 2.05) is 10.9 Å². The zero-order chi connectivity index (χ0) is 13.2. The number of hydrogen-bond acceptors (Lipinski definition) is 6. The summed E-state index contributed by atoms with van der Waals surface area (Å²) in [5.41, 5.74) is 0. The van der Waals surface area contributed by atoms with Crippen LogP contribution in [0.2, 0.25) is 5.02 Å². The second kappa shape index (κ2) is 5.44. The van der Waals surface area contributed by atoms with E-state index in [1.165, 1.54) is 11.5 Å². The van der Waals surface area contributed by atoms with Gasteiger partial charge in [0.25, 0.3) is 0 Å². The summed E-state index contributed by atoms with van der Waals surface area (Å²) in [5, 5.41) is 5.85. The van der Waals surface area contributed by atoms with Gasteiger partial charge in [0.15, 0.2) is 5.82 Å². The van der Waals surface area contributed by atoms with Crippen molar-refractivity contribution in [1.82, 2.24) is 19.1 Å². The number of methoxy groups -OCH3 is 1. The fourth-order valence-corrected chi connectivity index (χ4v) is 2.95. The summed E-state index contributed by atoms with van der Waals surface area (Å²) >= 11 is 7.27. The third-order valence-corrected chi connectivity index (χ3v) is 4.02. The van der Waals surface area contributed by atoms with Gasteiger partial charge in [0.05, 0.1) is 11.2 Å². The Bertz CT molecular complexity index is 551. The fourth-order valence-electron chi connectivity index (χ4n) is 2.11. The van der Waals surface area contributed by atoms with Crippen LogP contribution in [0.4, 0.5) is 5.13 Å². The van der Waals surface area contributed by atoms with Crippen LogP contribution in [-0.4, -0.2) is 39.3 Å². The molecule has 8 heteroatoms. The minimum Gasteiger partial charge on any atom is -0.377 e. The molecule has 0 bridgehead atoms. The largest absolute Gasteiger partial charge is 0.377 e. The van der Waals surface area contributed by atoms with Crippen LogP contribution in [0.25, 0.3) is 0 Å². The Balaban J connectivity index is 1.51. The monoisotopic (exact) mass is 299 g/mol. The van der Waals surface area contributed by atoms with E-state index in [0.717, 1.165) is 30.6 Å². The van der Waals surface area contributed by atoms with Crippen molar-refractivity contribution in [3.8, 4) is 0 Å². The maximum Gasteiger partial charge on any atom is 0.205 e. The lowest BCUT2D eigenvalue weighted by atomic mass is 10.0. The van der Waals surface area contributed by atoms with Crippen LogP contribution in [0.1, 0.15) is 5.82 Å². The zero-order valence-electron chi connectivity index (χ0n) is 10.5. The van der Waals surface area contributed by atoms with Crippen molar-refractivity contribution in [2.24, 2.45) is 5.92 Å². The van der Waals surface area contributed by atoms with Crippen LogP contribution in [0.5, 0.6) is 0 Å². The molecule has 1 aliphatic rings. The van der Waals surface area contributed by atoms with Gasteiger partial charge in [-0.1, -0.05) is 11.6 Å². The molecule has 2 aromatic heterocycles. The van der Waals surface area contributed by atoms with E-state index in [9.17, 15) is 0 Å². The standard InChI is InChI=1S/C11H14ClN5OS/c1-18-7-10-14-11(19-15-10)16-3-8(4-16)5-17-6-9(12)2-13-17/h2,6,8H,3-5,7H2,1H3. The molecule has 0 aliphatic carbocycles. The molecule has 0 N–H and O–H groups in total. The van der Waals surface area contributed by atoms with Gasteiger partial charge in [0.1, 0.15) is 6.61 Å². The molecule has 0 aromatic carbocycles. The molecule has 0 atom stereocenters. The quantitative estimate of drug-likeness (QED) is 0.840. The molecule has 3 rings (SSSR count). The lowest BCUT2D eigenvalue weighted by Gasteiger charge is -2.38. The van der Waals surface area contributed by atoms with Crippen molar-refractivity contribution < 1.29 is 4.74 Å². The molecule has 6 nitrogen and oxygen atoms in total. The van der Waals surface area contributed by atoms with E-state index in [0.29, 0.717) is 17.5 Å². The molecule has 1 saturated heterocycles. The summed E-state index contributed by atoms with van der Waals surface area (Å²) in [6.07, 6.45) is 3.52. The molecule has 1 fully saturated rings. The smallest absolute Gasteiger partial charge is 0.205 e. The number of nitrogens with zero attached hydrogens (tertiary/aromatic N) is 5. The summed E-state index contributed by atoms with van der Waals surface area (Å²) in [7, 11) is 1.65. The van der Waals surface area contributed by atoms with E-state index in [2.05, 4.69) is 19.4 Å². The molecule has 1 aliphatic heterocycles. The van der Waals surface area contributed by atoms with Gasteiger partial charge >= 0.3 is 0 Å². The topological polar surface area (TPSA) is 56.1 Å². The number of ether oxygens (including phenoxy) is 1. The first-order valence-corrected chi connectivity index (χ1v) is 7.14. The Morgan fingerprint density at radius 1 is 1.53 bits per heavy atom. The van der Waals surface area contributed by atoms with Crippen LogP contribution >= 0.6 is 23.1 Å². The second-order valence-corrected chi connectivity index (χ2v) is 5.74. The average Bonchev–Trinajstić information content (AvgIpc) is 2.93. The first kappa shape index (κ1) is 12.8. The van der Waals surface area contributed by atoms with Crippen LogP contribution in [0.15, 0.2) is 12.4 Å². The third kappa shape index (κ3) is 2.88. The predicted octanol–water partition coefficient (Wildman–Crippen LogP) is 1.67. The highest BCUT2D eigenvalue weighted by molar-refractivity contribution is 7.09. The maximum absolute atomic E-state index is 5.84. The van der Waals surface area contributed by atoms with Crippen LogP contribution in [0.3, 0.4) is 0 Å². The molecule has 19 heavy (non-hydrogen) atoms. The Hall–Kier alpha value is -1.18. The summed E-state index contributed by atoms with van der Waals surface area (Å²) in [6.45, 7) is 3.34.